The van der Waals surface area contributed by atoms with E-state index in [1.165, 1.54) is 4.57 Å². The summed E-state index contributed by atoms with van der Waals surface area (Å²) in [6, 6.07) is 6.98. The first-order chi connectivity index (χ1) is 9.58. The highest BCUT2D eigenvalue weighted by Crippen LogP contribution is 2.05. The number of aromatic nitrogens is 2. The van der Waals surface area contributed by atoms with E-state index in [2.05, 4.69) is 10.3 Å². The Morgan fingerprint density at radius 1 is 1.35 bits per heavy atom. The standard InChI is InChI=1S/C14H15N3O3/c1-10-4-2-6-15-11(10)8-16-14(20)12-5-3-7-17(12)9-13(18)19/h2-7H,8-9H2,1H3,(H,16,20)(H,18,19). The molecule has 0 spiro atoms. The monoisotopic (exact) mass is 273 g/mol. The van der Waals surface area contributed by atoms with Gasteiger partial charge in [-0.1, -0.05) is 6.07 Å². The molecule has 6 heteroatoms. The van der Waals surface area contributed by atoms with Gasteiger partial charge in [-0.25, -0.2) is 0 Å². The zero-order valence-electron chi connectivity index (χ0n) is 11.0. The molecule has 0 aromatic carbocycles. The molecule has 0 fully saturated rings. The summed E-state index contributed by atoms with van der Waals surface area (Å²) in [5.41, 5.74) is 2.10. The summed E-state index contributed by atoms with van der Waals surface area (Å²) < 4.78 is 1.39. The molecule has 6 nitrogen and oxygen atoms in total. The normalized spacial score (nSPS) is 10.2. The Labute approximate surface area is 116 Å². The first kappa shape index (κ1) is 13.8. The predicted octanol–water partition coefficient (Wildman–Crippen LogP) is 1.21. The van der Waals surface area contributed by atoms with E-state index in [9.17, 15) is 9.59 Å². The highest BCUT2D eigenvalue weighted by atomic mass is 16.4. The molecular weight excluding hydrogens is 258 g/mol. The van der Waals surface area contributed by atoms with E-state index in [-0.39, 0.29) is 12.5 Å². The molecule has 0 atom stereocenters. The van der Waals surface area contributed by atoms with Crippen LogP contribution in [0.2, 0.25) is 0 Å². The van der Waals surface area contributed by atoms with Crippen molar-refractivity contribution in [2.45, 2.75) is 20.0 Å². The number of aryl methyl sites for hydroxylation is 1. The van der Waals surface area contributed by atoms with Gasteiger partial charge >= 0.3 is 5.97 Å². The van der Waals surface area contributed by atoms with E-state index in [1.54, 1.807) is 24.5 Å². The molecule has 0 radical (unpaired) electrons. The second-order valence-corrected chi connectivity index (χ2v) is 4.36. The smallest absolute Gasteiger partial charge is 0.323 e. The number of hydrogen-bond acceptors (Lipinski definition) is 3. The summed E-state index contributed by atoms with van der Waals surface area (Å²) in [6.45, 7) is 1.99. The fourth-order valence-corrected chi connectivity index (χ4v) is 1.86. The molecule has 0 aliphatic heterocycles. The van der Waals surface area contributed by atoms with Crippen LogP contribution in [0, 0.1) is 6.92 Å². The number of pyridine rings is 1. The Bertz CT molecular complexity index is 634. The van der Waals surface area contributed by atoms with Crippen LogP contribution in [0.4, 0.5) is 0 Å². The number of nitrogens with one attached hydrogen (secondary N) is 1. The van der Waals surface area contributed by atoms with Crippen molar-refractivity contribution in [2.75, 3.05) is 0 Å². The van der Waals surface area contributed by atoms with Crippen LogP contribution < -0.4 is 5.32 Å². The fraction of sp³-hybridized carbons (Fsp3) is 0.214. The van der Waals surface area contributed by atoms with Crippen molar-refractivity contribution in [1.82, 2.24) is 14.9 Å². The van der Waals surface area contributed by atoms with Crippen LogP contribution in [0.3, 0.4) is 0 Å². The van der Waals surface area contributed by atoms with Gasteiger partial charge in [-0.3, -0.25) is 14.6 Å². The van der Waals surface area contributed by atoms with E-state index >= 15 is 0 Å². The van der Waals surface area contributed by atoms with E-state index in [4.69, 9.17) is 5.11 Å². The topological polar surface area (TPSA) is 84.2 Å². The van der Waals surface area contributed by atoms with Gasteiger partial charge in [0, 0.05) is 12.4 Å². The van der Waals surface area contributed by atoms with Crippen molar-refractivity contribution >= 4 is 11.9 Å². The van der Waals surface area contributed by atoms with Gasteiger partial charge in [0.15, 0.2) is 0 Å². The number of rotatable bonds is 5. The lowest BCUT2D eigenvalue weighted by atomic mass is 10.2. The molecule has 2 heterocycles. The SMILES string of the molecule is Cc1cccnc1CNC(=O)c1cccn1CC(=O)O. The quantitative estimate of drug-likeness (QED) is 0.857. The Morgan fingerprint density at radius 3 is 2.85 bits per heavy atom. The minimum Gasteiger partial charge on any atom is -0.480 e. The largest absolute Gasteiger partial charge is 0.480 e. The van der Waals surface area contributed by atoms with Crippen LogP contribution in [0.15, 0.2) is 36.7 Å². The lowest BCUT2D eigenvalue weighted by molar-refractivity contribution is -0.137. The molecule has 0 saturated heterocycles. The van der Waals surface area contributed by atoms with Crippen LogP contribution in [0.1, 0.15) is 21.7 Å². The van der Waals surface area contributed by atoms with Crippen molar-refractivity contribution in [3.8, 4) is 0 Å². The van der Waals surface area contributed by atoms with Gasteiger partial charge in [0.1, 0.15) is 12.2 Å². The molecule has 0 bridgehead atoms. The summed E-state index contributed by atoms with van der Waals surface area (Å²) >= 11 is 0. The lowest BCUT2D eigenvalue weighted by Crippen LogP contribution is -2.27. The van der Waals surface area contributed by atoms with Crippen molar-refractivity contribution in [3.63, 3.8) is 0 Å². The molecule has 0 unspecified atom stereocenters. The fourth-order valence-electron chi connectivity index (χ4n) is 1.86. The van der Waals surface area contributed by atoms with E-state index in [0.717, 1.165) is 11.3 Å². The summed E-state index contributed by atoms with van der Waals surface area (Å²) in [6.07, 6.45) is 3.23. The van der Waals surface area contributed by atoms with Crippen LogP contribution in [0.5, 0.6) is 0 Å². The molecule has 20 heavy (non-hydrogen) atoms. The Balaban J connectivity index is 2.04. The Kier molecular flexibility index (Phi) is 4.14. The third-order valence-electron chi connectivity index (χ3n) is 2.90. The summed E-state index contributed by atoms with van der Waals surface area (Å²) in [7, 11) is 0. The van der Waals surface area contributed by atoms with Gasteiger partial charge in [0.25, 0.3) is 5.91 Å². The summed E-state index contributed by atoms with van der Waals surface area (Å²) in [4.78, 5) is 26.9. The Morgan fingerprint density at radius 2 is 2.15 bits per heavy atom. The molecule has 1 amide bonds. The predicted molar refractivity (Wildman–Crippen MR) is 72.2 cm³/mol. The second-order valence-electron chi connectivity index (χ2n) is 4.36. The van der Waals surface area contributed by atoms with E-state index < -0.39 is 5.97 Å². The summed E-state index contributed by atoms with van der Waals surface area (Å²) in [5, 5.41) is 11.5. The second kappa shape index (κ2) is 6.01. The molecule has 104 valence electrons. The number of carbonyl (C=O) groups is 2. The summed E-state index contributed by atoms with van der Waals surface area (Å²) in [5.74, 6) is -1.31. The number of hydrogen-bond donors (Lipinski definition) is 2. The highest BCUT2D eigenvalue weighted by molar-refractivity contribution is 5.93. The zero-order chi connectivity index (χ0) is 14.5. The molecule has 2 N–H and O–H groups in total. The number of carboxylic acids is 1. The van der Waals surface area contributed by atoms with E-state index in [1.807, 2.05) is 19.1 Å². The molecule has 0 aliphatic carbocycles. The van der Waals surface area contributed by atoms with Gasteiger partial charge < -0.3 is 15.0 Å². The average Bonchev–Trinajstić information content (AvgIpc) is 2.85. The number of aliphatic carboxylic acids is 1. The number of carbonyl (C=O) groups excluding carboxylic acids is 1. The third kappa shape index (κ3) is 3.23. The number of nitrogens with zero attached hydrogens (tertiary/aromatic N) is 2. The van der Waals surface area contributed by atoms with Crippen molar-refractivity contribution in [1.29, 1.82) is 0 Å². The van der Waals surface area contributed by atoms with Gasteiger partial charge in [0.2, 0.25) is 0 Å². The first-order valence-corrected chi connectivity index (χ1v) is 6.13. The number of amides is 1. The van der Waals surface area contributed by atoms with Crippen LogP contribution in [0.25, 0.3) is 0 Å². The van der Waals surface area contributed by atoms with Crippen molar-refractivity contribution in [2.24, 2.45) is 0 Å². The maximum Gasteiger partial charge on any atom is 0.323 e. The Hall–Kier alpha value is -2.63. The minimum absolute atomic E-state index is 0.238. The third-order valence-corrected chi connectivity index (χ3v) is 2.90. The highest BCUT2D eigenvalue weighted by Gasteiger charge is 2.12. The average molecular weight is 273 g/mol. The minimum atomic E-state index is -0.990. The van der Waals surface area contributed by atoms with Gasteiger partial charge in [-0.15, -0.1) is 0 Å². The van der Waals surface area contributed by atoms with Gasteiger partial charge in [-0.2, -0.15) is 0 Å². The van der Waals surface area contributed by atoms with E-state index in [0.29, 0.717) is 12.2 Å². The van der Waals surface area contributed by atoms with Crippen LogP contribution in [-0.2, 0) is 17.9 Å². The molecule has 2 aromatic rings. The van der Waals surface area contributed by atoms with Gasteiger partial charge in [0.05, 0.1) is 12.2 Å². The molecule has 0 saturated carbocycles. The first-order valence-electron chi connectivity index (χ1n) is 6.13. The van der Waals surface area contributed by atoms with Gasteiger partial charge in [-0.05, 0) is 30.7 Å². The molecule has 2 rings (SSSR count). The maximum atomic E-state index is 12.0. The van der Waals surface area contributed by atoms with Crippen molar-refractivity contribution < 1.29 is 14.7 Å². The maximum absolute atomic E-state index is 12.0. The van der Waals surface area contributed by atoms with Crippen LogP contribution in [-0.4, -0.2) is 26.5 Å². The lowest BCUT2D eigenvalue weighted by Gasteiger charge is -2.09. The molecule has 2 aromatic heterocycles. The van der Waals surface area contributed by atoms with Crippen molar-refractivity contribution in [3.05, 3.63) is 53.6 Å². The zero-order valence-corrected chi connectivity index (χ0v) is 11.0. The molecular formula is C14H15N3O3. The molecule has 0 aliphatic rings. The number of carboxylic acid groups (broad SMARTS) is 1. The van der Waals surface area contributed by atoms with Crippen LogP contribution >= 0.6 is 0 Å².